The van der Waals surface area contributed by atoms with Crippen molar-refractivity contribution in [2.75, 3.05) is 0 Å². The van der Waals surface area contributed by atoms with E-state index < -0.39 is 0 Å². The fourth-order valence-corrected chi connectivity index (χ4v) is 11.0. The molecule has 0 aromatic carbocycles. The fourth-order valence-electron chi connectivity index (χ4n) is 11.0. The third-order valence-corrected chi connectivity index (χ3v) is 13.2. The van der Waals surface area contributed by atoms with E-state index >= 15 is 0 Å². The molecule has 0 aromatic rings. The number of hydrogen-bond acceptors (Lipinski definition) is 2. The van der Waals surface area contributed by atoms with Gasteiger partial charge in [-0.25, -0.2) is 0 Å². The predicted octanol–water partition coefficient (Wildman–Crippen LogP) is 9.04. The molecule has 1 N–H and O–H groups in total. The van der Waals surface area contributed by atoms with Gasteiger partial charge in [0.1, 0.15) is 0 Å². The lowest BCUT2D eigenvalue weighted by Crippen LogP contribution is -2.63. The average molecular weight is 509 g/mol. The van der Waals surface area contributed by atoms with Gasteiger partial charge < -0.3 is 9.84 Å². The lowest BCUT2D eigenvalue weighted by atomic mass is 9.35. The highest BCUT2D eigenvalue weighted by atomic mass is 16.5. The maximum Gasteiger partial charge on any atom is 0.0612 e. The highest BCUT2D eigenvalue weighted by molar-refractivity contribution is 5.37. The summed E-state index contributed by atoms with van der Waals surface area (Å²) in [6.45, 7) is 23.7. The van der Waals surface area contributed by atoms with E-state index in [0.29, 0.717) is 34.2 Å². The fraction of sp³-hybridized carbons (Fsp3) is 0.857. The average Bonchev–Trinajstić information content (AvgIpc) is 2.79. The Bertz CT molecular complexity index is 983. The third-order valence-electron chi connectivity index (χ3n) is 13.2. The van der Waals surface area contributed by atoms with Crippen LogP contribution in [0.1, 0.15) is 126 Å². The lowest BCUT2D eigenvalue weighted by molar-refractivity contribution is -0.192. The van der Waals surface area contributed by atoms with Crippen LogP contribution in [0.4, 0.5) is 0 Å². The van der Waals surface area contributed by atoms with Crippen LogP contribution >= 0.6 is 0 Å². The van der Waals surface area contributed by atoms with Crippen LogP contribution in [0.5, 0.6) is 0 Å². The Kier molecular flexibility index (Phi) is 6.83. The van der Waals surface area contributed by atoms with Crippen LogP contribution in [0.2, 0.25) is 0 Å². The molecular weight excluding hydrogens is 452 g/mol. The molecule has 0 aromatic heterocycles. The molecule has 208 valence electrons. The Morgan fingerprint density at radius 3 is 2.46 bits per heavy atom. The van der Waals surface area contributed by atoms with Gasteiger partial charge in [-0.3, -0.25) is 0 Å². The minimum Gasteiger partial charge on any atom is -0.393 e. The molecule has 10 atom stereocenters. The van der Waals surface area contributed by atoms with Crippen molar-refractivity contribution < 1.29 is 9.84 Å². The summed E-state index contributed by atoms with van der Waals surface area (Å²) in [6.07, 6.45) is 16.4. The van der Waals surface area contributed by atoms with Crippen molar-refractivity contribution in [2.45, 2.75) is 144 Å². The first-order chi connectivity index (χ1) is 17.2. The highest BCUT2D eigenvalue weighted by Gasteiger charge is 2.67. The first-order valence-corrected chi connectivity index (χ1v) is 15.6. The topological polar surface area (TPSA) is 29.5 Å². The van der Waals surface area contributed by atoms with Gasteiger partial charge in [0.05, 0.1) is 18.3 Å². The maximum atomic E-state index is 9.93. The Balaban J connectivity index is 1.49. The Morgan fingerprint density at radius 2 is 1.78 bits per heavy atom. The zero-order chi connectivity index (χ0) is 27.0. The van der Waals surface area contributed by atoms with E-state index in [2.05, 4.69) is 66.9 Å². The van der Waals surface area contributed by atoms with Crippen LogP contribution in [0.3, 0.4) is 0 Å². The maximum absolute atomic E-state index is 9.93. The van der Waals surface area contributed by atoms with Crippen molar-refractivity contribution in [1.82, 2.24) is 0 Å². The number of fused-ring (bicyclic) bond motifs is 7. The number of allylic oxidation sites excluding steroid dienone is 3. The second-order valence-electron chi connectivity index (χ2n) is 16.0. The molecule has 0 spiro atoms. The summed E-state index contributed by atoms with van der Waals surface area (Å²) in [7, 11) is 0. The first-order valence-electron chi connectivity index (χ1n) is 15.6. The monoisotopic (exact) mass is 508 g/mol. The minimum absolute atomic E-state index is 0.133. The molecule has 0 aliphatic heterocycles. The molecule has 0 unspecified atom stereocenters. The van der Waals surface area contributed by atoms with Gasteiger partial charge in [-0.05, 0) is 123 Å². The van der Waals surface area contributed by atoms with E-state index in [-0.39, 0.29) is 23.0 Å². The Hall–Kier alpha value is -0.820. The van der Waals surface area contributed by atoms with Gasteiger partial charge in [-0.2, -0.15) is 0 Å². The van der Waals surface area contributed by atoms with Gasteiger partial charge in [-0.1, -0.05) is 66.2 Å². The molecule has 4 fully saturated rings. The number of rotatable bonds is 4. The van der Waals surface area contributed by atoms with Crippen molar-refractivity contribution in [1.29, 1.82) is 0 Å². The zero-order valence-corrected chi connectivity index (χ0v) is 25.4. The van der Waals surface area contributed by atoms with Gasteiger partial charge in [0.15, 0.2) is 0 Å². The zero-order valence-electron chi connectivity index (χ0n) is 25.4. The van der Waals surface area contributed by atoms with Gasteiger partial charge in [0.25, 0.3) is 0 Å². The highest BCUT2D eigenvalue weighted by Crippen LogP contribution is 2.75. The molecule has 0 amide bonds. The molecule has 0 bridgehead atoms. The molecule has 2 heteroatoms. The smallest absolute Gasteiger partial charge is 0.0612 e. The molecule has 2 nitrogen and oxygen atoms in total. The van der Waals surface area contributed by atoms with E-state index in [1.165, 1.54) is 63.4 Å². The minimum atomic E-state index is -0.292. The predicted molar refractivity (Wildman–Crippen MR) is 154 cm³/mol. The molecular formula is C35H56O2. The van der Waals surface area contributed by atoms with Crippen molar-refractivity contribution in [3.05, 3.63) is 29.5 Å². The molecule has 5 rings (SSSR count). The number of aliphatic hydroxyl groups excluding tert-OH is 1. The van der Waals surface area contributed by atoms with Gasteiger partial charge in [0, 0.05) is 5.41 Å². The number of hydrogen-bond donors (Lipinski definition) is 1. The van der Waals surface area contributed by atoms with Crippen molar-refractivity contribution >= 4 is 0 Å². The second-order valence-corrected chi connectivity index (χ2v) is 16.0. The summed E-state index contributed by atoms with van der Waals surface area (Å²) in [5.74, 6) is 2.00. The number of aliphatic hydroxyl groups is 1. The summed E-state index contributed by atoms with van der Waals surface area (Å²) in [5, 5.41) is 9.93. The summed E-state index contributed by atoms with van der Waals surface area (Å²) in [4.78, 5) is 0. The van der Waals surface area contributed by atoms with Crippen LogP contribution in [0.25, 0.3) is 0 Å². The van der Waals surface area contributed by atoms with Crippen LogP contribution in [0.15, 0.2) is 29.5 Å². The SMILES string of the molecule is C=C=C1CC(C)(C)C[C@H]2C3=CC[C@@H]4[C@@]5(C)CCC[C@H](O[C@@H](C)C[C@H](C)O)[C@@H]5CC[C@@]4(C)[C@]3(C)CC[C@@]12C. The Labute approximate surface area is 228 Å². The van der Waals surface area contributed by atoms with E-state index in [0.717, 1.165) is 18.8 Å². The van der Waals surface area contributed by atoms with E-state index in [1.54, 1.807) is 5.57 Å². The van der Waals surface area contributed by atoms with E-state index in [4.69, 9.17) is 4.74 Å². The third kappa shape index (κ3) is 4.10. The van der Waals surface area contributed by atoms with Crippen LogP contribution in [-0.4, -0.2) is 23.4 Å². The molecule has 0 heterocycles. The van der Waals surface area contributed by atoms with Gasteiger partial charge >= 0.3 is 0 Å². The number of ether oxygens (including phenoxy) is 1. The van der Waals surface area contributed by atoms with Crippen LogP contribution < -0.4 is 0 Å². The quantitative estimate of drug-likeness (QED) is 0.303. The molecule has 5 aliphatic carbocycles. The van der Waals surface area contributed by atoms with E-state index in [9.17, 15) is 5.11 Å². The summed E-state index contributed by atoms with van der Waals surface area (Å²) in [5.41, 5.74) is 8.27. The molecule has 0 saturated heterocycles. The largest absolute Gasteiger partial charge is 0.393 e. The van der Waals surface area contributed by atoms with Gasteiger partial charge in [-0.15, -0.1) is 5.73 Å². The summed E-state index contributed by atoms with van der Waals surface area (Å²) in [6, 6.07) is 0. The van der Waals surface area contributed by atoms with Gasteiger partial charge in [0.2, 0.25) is 0 Å². The van der Waals surface area contributed by atoms with Crippen LogP contribution in [-0.2, 0) is 4.74 Å². The molecule has 5 aliphatic rings. The second kappa shape index (κ2) is 9.11. The van der Waals surface area contributed by atoms with Crippen molar-refractivity contribution in [2.24, 2.45) is 44.8 Å². The summed E-state index contributed by atoms with van der Waals surface area (Å²) < 4.78 is 6.72. The normalized spacial score (nSPS) is 48.4. The lowest BCUT2D eigenvalue weighted by Gasteiger charge is -2.70. The standard InChI is InChI=1S/C35H56O2/c1-10-25-21-31(4,5)22-28-26-13-14-30-33(7)16-11-12-29(37-24(3)20-23(2)36)27(33)15-17-35(30,9)34(26,8)19-18-32(25,28)6/h13,23-24,27-30,36H,1,11-12,14-22H2,2-9H3/t23-,24-,27-,28-,29-,30+,32-,33-,34+,35+/m0/s1. The Morgan fingerprint density at radius 1 is 1.05 bits per heavy atom. The van der Waals surface area contributed by atoms with Crippen molar-refractivity contribution in [3.63, 3.8) is 0 Å². The van der Waals surface area contributed by atoms with Crippen LogP contribution in [0, 0.1) is 44.8 Å². The molecule has 0 radical (unpaired) electrons. The van der Waals surface area contributed by atoms with E-state index in [1.807, 2.05) is 6.92 Å². The molecule has 4 saturated carbocycles. The first kappa shape index (κ1) is 27.7. The molecule has 37 heavy (non-hydrogen) atoms. The van der Waals surface area contributed by atoms with Crippen molar-refractivity contribution in [3.8, 4) is 0 Å². The summed E-state index contributed by atoms with van der Waals surface area (Å²) >= 11 is 0.